The number of methoxy groups -OCH3 is 1. The molecule has 1 fully saturated rings. The SMILES string of the molecule is COc1ccc(N(C(=O)c2csnn2)[C@H](C(=O)NC2CCCC2)c2ccccc2)cc1. The second kappa shape index (κ2) is 9.70. The van der Waals surface area contributed by atoms with E-state index in [1.54, 1.807) is 36.8 Å². The van der Waals surface area contributed by atoms with Crippen LogP contribution in [0, 0.1) is 0 Å². The molecular formula is C23H24N4O3S. The first-order chi connectivity index (χ1) is 15.2. The van der Waals surface area contributed by atoms with Gasteiger partial charge >= 0.3 is 0 Å². The van der Waals surface area contributed by atoms with Crippen LogP contribution in [0.25, 0.3) is 0 Å². The third kappa shape index (κ3) is 4.74. The number of amides is 2. The van der Waals surface area contributed by atoms with Crippen LogP contribution in [0.5, 0.6) is 5.75 Å². The Labute approximate surface area is 185 Å². The molecular weight excluding hydrogens is 412 g/mol. The summed E-state index contributed by atoms with van der Waals surface area (Å²) in [6, 6.07) is 15.7. The predicted molar refractivity (Wildman–Crippen MR) is 119 cm³/mol. The summed E-state index contributed by atoms with van der Waals surface area (Å²) in [5.74, 6) is 0.0814. The fourth-order valence-electron chi connectivity index (χ4n) is 3.91. The molecule has 0 bridgehead atoms. The Morgan fingerprint density at radius 2 is 1.81 bits per heavy atom. The Morgan fingerprint density at radius 3 is 2.42 bits per heavy atom. The minimum absolute atomic E-state index is 0.132. The quantitative estimate of drug-likeness (QED) is 0.605. The van der Waals surface area contributed by atoms with E-state index in [2.05, 4.69) is 14.9 Å². The van der Waals surface area contributed by atoms with Gasteiger partial charge in [-0.15, -0.1) is 5.10 Å². The largest absolute Gasteiger partial charge is 0.497 e. The van der Waals surface area contributed by atoms with E-state index < -0.39 is 6.04 Å². The fraction of sp³-hybridized carbons (Fsp3) is 0.304. The highest BCUT2D eigenvalue weighted by molar-refractivity contribution is 7.03. The maximum absolute atomic E-state index is 13.5. The smallest absolute Gasteiger partial charge is 0.280 e. The summed E-state index contributed by atoms with van der Waals surface area (Å²) >= 11 is 1.10. The van der Waals surface area contributed by atoms with Crippen LogP contribution in [0.1, 0.15) is 47.8 Å². The number of nitrogens with one attached hydrogen (secondary N) is 1. The second-order valence-electron chi connectivity index (χ2n) is 7.47. The molecule has 2 amide bonds. The molecule has 1 saturated carbocycles. The summed E-state index contributed by atoms with van der Waals surface area (Å²) in [6.07, 6.45) is 4.12. The fourth-order valence-corrected chi connectivity index (χ4v) is 4.34. The zero-order chi connectivity index (χ0) is 21.6. The van der Waals surface area contributed by atoms with Crippen molar-refractivity contribution in [2.45, 2.75) is 37.8 Å². The van der Waals surface area contributed by atoms with Gasteiger partial charge in [-0.25, -0.2) is 0 Å². The Kier molecular flexibility index (Phi) is 6.57. The number of hydrogen-bond acceptors (Lipinski definition) is 6. The van der Waals surface area contributed by atoms with E-state index in [9.17, 15) is 9.59 Å². The standard InChI is InChI=1S/C23H24N4O3S/c1-30-19-13-11-18(12-14-19)27(23(29)20-15-31-26-25-20)21(16-7-3-2-4-8-16)22(28)24-17-9-5-6-10-17/h2-4,7-8,11-15,17,21H,5-6,9-10H2,1H3,(H,24,28)/t21-/m0/s1. The maximum atomic E-state index is 13.5. The Balaban J connectivity index is 1.77. The lowest BCUT2D eigenvalue weighted by Crippen LogP contribution is -2.46. The lowest BCUT2D eigenvalue weighted by molar-refractivity contribution is -0.123. The molecule has 1 heterocycles. The molecule has 3 aromatic rings. The van der Waals surface area contributed by atoms with Crippen LogP contribution < -0.4 is 15.0 Å². The zero-order valence-electron chi connectivity index (χ0n) is 17.2. The molecule has 1 aromatic heterocycles. The van der Waals surface area contributed by atoms with Gasteiger partial charge in [0.05, 0.1) is 7.11 Å². The molecule has 2 aromatic carbocycles. The van der Waals surface area contributed by atoms with Crippen LogP contribution in [0.2, 0.25) is 0 Å². The van der Waals surface area contributed by atoms with Crippen molar-refractivity contribution in [2.75, 3.05) is 12.0 Å². The lowest BCUT2D eigenvalue weighted by Gasteiger charge is -2.32. The third-order valence-corrected chi connectivity index (χ3v) is 5.98. The number of carbonyl (C=O) groups excluding carboxylic acids is 2. The molecule has 0 unspecified atom stereocenters. The van der Waals surface area contributed by atoms with Crippen LogP contribution in [-0.4, -0.2) is 34.6 Å². The minimum atomic E-state index is -0.843. The van der Waals surface area contributed by atoms with Gasteiger partial charge in [0.25, 0.3) is 5.91 Å². The third-order valence-electron chi connectivity index (χ3n) is 5.47. The van der Waals surface area contributed by atoms with Crippen LogP contribution in [-0.2, 0) is 4.79 Å². The number of carbonyl (C=O) groups is 2. The molecule has 160 valence electrons. The molecule has 0 aliphatic heterocycles. The van der Waals surface area contributed by atoms with Crippen molar-refractivity contribution in [3.05, 3.63) is 71.2 Å². The molecule has 31 heavy (non-hydrogen) atoms. The summed E-state index contributed by atoms with van der Waals surface area (Å²) in [5, 5.41) is 8.71. The lowest BCUT2D eigenvalue weighted by atomic mass is 10.0. The van der Waals surface area contributed by atoms with Gasteiger partial charge in [0.1, 0.15) is 11.8 Å². The van der Waals surface area contributed by atoms with Crippen molar-refractivity contribution < 1.29 is 14.3 Å². The second-order valence-corrected chi connectivity index (χ2v) is 8.08. The number of nitrogens with zero attached hydrogens (tertiary/aromatic N) is 3. The van der Waals surface area contributed by atoms with E-state index in [1.165, 1.54) is 4.90 Å². The molecule has 4 rings (SSSR count). The molecule has 0 saturated heterocycles. The van der Waals surface area contributed by atoms with Gasteiger partial charge in [-0.3, -0.25) is 14.5 Å². The van der Waals surface area contributed by atoms with Gasteiger partial charge in [-0.1, -0.05) is 47.7 Å². The Hall–Kier alpha value is -3.26. The van der Waals surface area contributed by atoms with Crippen LogP contribution in [0.15, 0.2) is 60.0 Å². The maximum Gasteiger partial charge on any atom is 0.280 e. The number of anilines is 1. The normalized spacial score (nSPS) is 14.7. The van der Waals surface area contributed by atoms with Crippen LogP contribution >= 0.6 is 11.5 Å². The molecule has 1 aliphatic rings. The van der Waals surface area contributed by atoms with Crippen molar-refractivity contribution in [1.29, 1.82) is 0 Å². The van der Waals surface area contributed by atoms with Gasteiger partial charge in [0, 0.05) is 17.1 Å². The highest BCUT2D eigenvalue weighted by Gasteiger charge is 2.35. The molecule has 1 N–H and O–H groups in total. The molecule has 7 nitrogen and oxygen atoms in total. The number of ether oxygens (including phenoxy) is 1. The minimum Gasteiger partial charge on any atom is -0.497 e. The van der Waals surface area contributed by atoms with E-state index in [4.69, 9.17) is 4.74 Å². The summed E-state index contributed by atoms with van der Waals surface area (Å²) in [6.45, 7) is 0. The van der Waals surface area contributed by atoms with E-state index in [0.29, 0.717) is 11.4 Å². The van der Waals surface area contributed by atoms with Crippen molar-refractivity contribution in [3.8, 4) is 5.75 Å². The van der Waals surface area contributed by atoms with Crippen molar-refractivity contribution in [3.63, 3.8) is 0 Å². The van der Waals surface area contributed by atoms with E-state index in [1.807, 2.05) is 30.3 Å². The van der Waals surface area contributed by atoms with E-state index >= 15 is 0 Å². The van der Waals surface area contributed by atoms with Gasteiger partial charge in [0.15, 0.2) is 5.69 Å². The number of rotatable bonds is 7. The van der Waals surface area contributed by atoms with Crippen LogP contribution in [0.4, 0.5) is 5.69 Å². The molecule has 1 aliphatic carbocycles. The summed E-state index contributed by atoms with van der Waals surface area (Å²) < 4.78 is 9.09. The monoisotopic (exact) mass is 436 g/mol. The van der Waals surface area contributed by atoms with E-state index in [-0.39, 0.29) is 23.6 Å². The number of benzene rings is 2. The Bertz CT molecular complexity index is 1000. The first-order valence-corrected chi connectivity index (χ1v) is 11.1. The highest BCUT2D eigenvalue weighted by Crippen LogP contribution is 2.31. The number of aromatic nitrogens is 2. The number of hydrogen-bond donors (Lipinski definition) is 1. The first-order valence-electron chi connectivity index (χ1n) is 10.3. The summed E-state index contributed by atoms with van der Waals surface area (Å²) in [5.41, 5.74) is 1.51. The van der Waals surface area contributed by atoms with Crippen molar-refractivity contribution >= 4 is 29.0 Å². The average molecular weight is 437 g/mol. The zero-order valence-corrected chi connectivity index (χ0v) is 18.0. The summed E-state index contributed by atoms with van der Waals surface area (Å²) in [7, 11) is 1.58. The van der Waals surface area contributed by atoms with Crippen molar-refractivity contribution in [1.82, 2.24) is 14.9 Å². The molecule has 1 atom stereocenters. The van der Waals surface area contributed by atoms with Gasteiger partial charge in [-0.2, -0.15) is 0 Å². The van der Waals surface area contributed by atoms with Crippen LogP contribution in [0.3, 0.4) is 0 Å². The first kappa shape index (κ1) is 21.0. The highest BCUT2D eigenvalue weighted by atomic mass is 32.1. The van der Waals surface area contributed by atoms with Gasteiger partial charge in [-0.05, 0) is 54.2 Å². The average Bonchev–Trinajstić information content (AvgIpc) is 3.52. The summed E-state index contributed by atoms with van der Waals surface area (Å²) in [4.78, 5) is 28.6. The molecule has 8 heteroatoms. The predicted octanol–water partition coefficient (Wildman–Crippen LogP) is 3.99. The molecule has 0 radical (unpaired) electrons. The van der Waals surface area contributed by atoms with E-state index in [0.717, 1.165) is 42.8 Å². The van der Waals surface area contributed by atoms with Gasteiger partial charge in [0.2, 0.25) is 5.91 Å². The van der Waals surface area contributed by atoms with Gasteiger partial charge < -0.3 is 10.1 Å². The molecule has 0 spiro atoms. The van der Waals surface area contributed by atoms with Crippen molar-refractivity contribution in [2.24, 2.45) is 0 Å². The topological polar surface area (TPSA) is 84.4 Å². The Morgan fingerprint density at radius 1 is 1.10 bits per heavy atom.